The minimum atomic E-state index is -0.371. The second kappa shape index (κ2) is 66.6. The monoisotopic (exact) mass is 2110 g/mol. The van der Waals surface area contributed by atoms with Crippen LogP contribution in [0.3, 0.4) is 0 Å². The first kappa shape index (κ1) is 129. The van der Waals surface area contributed by atoms with Crippen LogP contribution in [0.4, 0.5) is 0 Å². The van der Waals surface area contributed by atoms with Crippen LogP contribution >= 0.6 is 0 Å². The van der Waals surface area contributed by atoms with Crippen LogP contribution in [0.1, 0.15) is 437 Å². The lowest BCUT2D eigenvalue weighted by atomic mass is 9.43. The van der Waals surface area contributed by atoms with Gasteiger partial charge in [0.25, 0.3) is 0 Å². The smallest absolute Gasteiger partial charge is 0.307 e. The molecule has 25 heteroatoms. The first-order valence-electron chi connectivity index (χ1n) is 63.7. The highest BCUT2D eigenvalue weighted by Crippen LogP contribution is 2.74. The maximum absolute atomic E-state index is 13.2. The molecule has 0 aromatic rings. The number of unbranched alkanes of at least 4 members (excludes halogenated alkanes) is 14. The molecule has 12 aliphatic carbocycles. The molecule has 0 spiro atoms. The number of fused-ring (bicyclic) bond motifs is 15. The molecule has 0 saturated heterocycles. The van der Waals surface area contributed by atoms with Crippen molar-refractivity contribution in [2.75, 3.05) is 138 Å². The Labute approximate surface area is 915 Å². The predicted octanol–water partition coefficient (Wildman–Crippen LogP) is 21.6. The van der Waals surface area contributed by atoms with E-state index in [0.717, 1.165) is 136 Å². The Morgan fingerprint density at radius 3 is 1.07 bits per heavy atom. The van der Waals surface area contributed by atoms with E-state index in [2.05, 4.69) is 100 Å². The molecule has 0 aromatic heterocycles. The number of esters is 4. The maximum Gasteiger partial charge on any atom is 0.307 e. The second-order valence-corrected chi connectivity index (χ2v) is 52.0. The summed E-state index contributed by atoms with van der Waals surface area (Å²) in [6.45, 7) is 48.1. The Morgan fingerprint density at radius 2 is 0.633 bits per heavy atom. The van der Waals surface area contributed by atoms with Crippen molar-refractivity contribution < 1.29 is 66.5 Å². The van der Waals surface area contributed by atoms with Gasteiger partial charge in [-0.3, -0.25) is 19.2 Å². The third kappa shape index (κ3) is 34.2. The molecule has 33 atom stereocenters. The molecule has 12 aliphatic rings. The van der Waals surface area contributed by atoms with E-state index in [4.69, 9.17) is 99.0 Å². The molecule has 12 saturated carbocycles. The highest BCUT2D eigenvalue weighted by Gasteiger charge is 2.72. The minimum Gasteiger partial charge on any atom is -0.466 e. The zero-order valence-electron chi connectivity index (χ0n) is 98.5. The molecular weight excluding hydrogens is 1880 g/mol. The van der Waals surface area contributed by atoms with Gasteiger partial charge in [0.2, 0.25) is 0 Å². The predicted molar refractivity (Wildman–Crippen MR) is 610 cm³/mol. The third-order valence-corrected chi connectivity index (χ3v) is 42.9. The lowest BCUT2D eigenvalue weighted by molar-refractivity contribution is -0.227. The highest BCUT2D eigenvalue weighted by atomic mass is 16.6. The summed E-state index contributed by atoms with van der Waals surface area (Å²) in [6, 6.07) is 0. The average Bonchev–Trinajstić information content (AvgIpc) is 1.43. The van der Waals surface area contributed by atoms with Gasteiger partial charge in [0, 0.05) is 87.9 Å². The quantitative estimate of drug-likeness (QED) is 0.0154. The van der Waals surface area contributed by atoms with Crippen molar-refractivity contribution in [2.45, 2.75) is 492 Å². The van der Waals surface area contributed by atoms with E-state index in [9.17, 15) is 19.2 Å². The van der Waals surface area contributed by atoms with Gasteiger partial charge in [-0.05, 0) is 420 Å². The van der Waals surface area contributed by atoms with Crippen LogP contribution in [0.25, 0.3) is 0 Å². The summed E-state index contributed by atoms with van der Waals surface area (Å²) < 4.78 is 65.2. The lowest BCUT2D eigenvalue weighted by Crippen LogP contribution is -2.63. The molecule has 150 heavy (non-hydrogen) atoms. The van der Waals surface area contributed by atoms with Gasteiger partial charge in [-0.2, -0.15) is 0 Å². The molecule has 0 heterocycles. The summed E-state index contributed by atoms with van der Waals surface area (Å²) in [5, 5.41) is 3.77. The van der Waals surface area contributed by atoms with Gasteiger partial charge >= 0.3 is 23.9 Å². The Kier molecular flexibility index (Phi) is 57.2. The normalized spacial score (nSPS) is 35.6. The molecule has 0 aromatic carbocycles. The number of nitrogens with two attached hydrogens (primary N) is 9. The summed E-state index contributed by atoms with van der Waals surface area (Å²) in [7, 11) is 0. The Bertz CT molecular complexity index is 3710. The van der Waals surface area contributed by atoms with Crippen LogP contribution in [0.2, 0.25) is 0 Å². The van der Waals surface area contributed by atoms with Crippen molar-refractivity contribution in [3.8, 4) is 0 Å². The molecule has 0 radical (unpaired) electrons. The minimum absolute atomic E-state index is 0.0910. The SMILES string of the molecule is CCCCCCCCNCCC[C@@H](C)[C@H]1CC[C@H]2[C@@H]3[C@H](OCCCN)C[C@@H]4C[C@H](OCCCN)CC[C@]4(C)[C@H]3C[C@H](OCCCN)[C@]12C.CCCCCCCCOC(=O)CC[C@@H](C)[C@H]1CC[C@H]2[C@@H]3[C@H](OC(=O)CCN)C[C@@H]4C[C@H](OC(=O)CCN)CC[C@]4(C)[C@H]3C[C@H](OC(=O)CCN)[C@]12C.CCCCCN(CCCCC)CCC[C@@H](C)[C@H]1CC[C@H]2[C@@H]3[C@H](OCCCN)C[C@@H]4C[C@H](OCCCN)CC[C@]4(C)[C@H]3C[C@H](OCCCN)[C@]12C. The lowest BCUT2D eigenvalue weighted by Gasteiger charge is -2.65. The number of ether oxygens (including phenoxy) is 10. The van der Waals surface area contributed by atoms with Gasteiger partial charge in [0.05, 0.1) is 62.5 Å². The van der Waals surface area contributed by atoms with E-state index in [1.807, 2.05) is 0 Å². The van der Waals surface area contributed by atoms with Crippen LogP contribution in [0.5, 0.6) is 0 Å². The van der Waals surface area contributed by atoms with Crippen LogP contribution in [0.15, 0.2) is 0 Å². The van der Waals surface area contributed by atoms with E-state index >= 15 is 0 Å². The summed E-state index contributed by atoms with van der Waals surface area (Å²) in [5.41, 5.74) is 53.3. The number of nitrogens with one attached hydrogen (secondary N) is 1. The fourth-order valence-corrected chi connectivity index (χ4v) is 34.6. The van der Waals surface area contributed by atoms with Crippen molar-refractivity contribution >= 4 is 23.9 Å². The molecule has 0 amide bonds. The van der Waals surface area contributed by atoms with Crippen LogP contribution in [0, 0.1) is 139 Å². The van der Waals surface area contributed by atoms with E-state index in [1.54, 1.807) is 0 Å². The number of hydrogen-bond donors (Lipinski definition) is 10. The molecule has 0 aliphatic heterocycles. The Balaban J connectivity index is 0.000000230. The van der Waals surface area contributed by atoms with Crippen molar-refractivity contribution in [1.82, 2.24) is 10.2 Å². The number of rotatable bonds is 69. The standard InChI is InChI=1S/C43H84N4O3.C41H80N4O3.C41H71N3O8/c1-6-8-10-24-47(25-11-9-7-2)26-12-16-33(3)36-17-18-37-41-38(32-40(43(36,37)5)50-29-15-23-46)42(4)20-19-35(48-27-13-21-44)30-34(42)31-39(41)49-28-14-22-45;1-5-6-7-8-9-10-23-45-24-11-15-31(2)34-16-17-35-39-36(30-38(41(34,35)4)48-27-14-22-44)40(3)19-18-33(46-25-12-20-42)28-32(40)29-37(39)47-26-13-21-43;1-5-6-7-8-9-10-23-49-35(45)14-11-27(2)30-12-13-31-39-32(26-34(41(30,31)4)52-38(48)18-22-44)40(3)19-15-29(50-36(46)16-20-42)24-28(40)25-33(39)51-37(47)17-21-43/h33-41H,6-32,44-46H2,1-5H3;31-39,45H,5-30,42-44H2,1-4H3;27-34,39H,5-26,42-44H2,1-4H3/t33-,34+,35-,36-,37+,38+,39-,40+,41+,42+,43-;31-,32+,33-,34-,35+,36+,37-,38+,39+,40+,41-;27-,28+,29-,30-,31+,32+,33-,34+,39+,40+,41-/m111/s1. The molecule has 12 fully saturated rings. The van der Waals surface area contributed by atoms with Crippen LogP contribution < -0.4 is 56.9 Å². The molecule has 19 N–H and O–H groups in total. The van der Waals surface area contributed by atoms with Crippen molar-refractivity contribution in [3.63, 3.8) is 0 Å². The van der Waals surface area contributed by atoms with Gasteiger partial charge in [-0.1, -0.05) is 180 Å². The molecule has 0 bridgehead atoms. The Morgan fingerprint density at radius 1 is 0.293 bits per heavy atom. The second-order valence-electron chi connectivity index (χ2n) is 52.0. The molecular formula is C125H235N11O14. The average molecular weight is 2120 g/mol. The third-order valence-electron chi connectivity index (χ3n) is 42.9. The van der Waals surface area contributed by atoms with Crippen LogP contribution in [-0.4, -0.2) is 222 Å². The topological polar surface area (TPSA) is 410 Å². The van der Waals surface area contributed by atoms with Crippen molar-refractivity contribution in [2.24, 2.45) is 191 Å². The number of hydrogen-bond acceptors (Lipinski definition) is 25. The fourth-order valence-electron chi connectivity index (χ4n) is 34.6. The van der Waals surface area contributed by atoms with Crippen molar-refractivity contribution in [1.29, 1.82) is 0 Å². The van der Waals surface area contributed by atoms with Gasteiger partial charge in [-0.25, -0.2) is 0 Å². The molecule has 874 valence electrons. The first-order valence-corrected chi connectivity index (χ1v) is 63.7. The zero-order chi connectivity index (χ0) is 108. The summed E-state index contributed by atoms with van der Waals surface area (Å²) >= 11 is 0. The summed E-state index contributed by atoms with van der Waals surface area (Å²) in [5.74, 6) is 7.84. The van der Waals surface area contributed by atoms with E-state index in [1.165, 1.54) is 232 Å². The van der Waals surface area contributed by atoms with Gasteiger partial charge in [-0.15, -0.1) is 0 Å². The number of nitrogens with zero attached hydrogens (tertiary/aromatic N) is 1. The van der Waals surface area contributed by atoms with Gasteiger partial charge in [0.1, 0.15) is 18.3 Å². The maximum atomic E-state index is 13.2. The number of carbonyl (C=O) groups is 4. The van der Waals surface area contributed by atoms with Gasteiger partial charge in [0.15, 0.2) is 0 Å². The Hall–Kier alpha value is -2.80. The van der Waals surface area contributed by atoms with E-state index in [0.29, 0.717) is 196 Å². The van der Waals surface area contributed by atoms with Crippen molar-refractivity contribution in [3.05, 3.63) is 0 Å². The largest absolute Gasteiger partial charge is 0.466 e. The van der Waals surface area contributed by atoms with E-state index < -0.39 is 0 Å². The fraction of sp³-hybridized carbons (Fsp3) is 0.968. The molecule has 0 unspecified atom stereocenters. The van der Waals surface area contributed by atoms with Crippen LogP contribution in [-0.2, 0) is 66.5 Å². The zero-order valence-corrected chi connectivity index (χ0v) is 98.5. The summed E-state index contributed by atoms with van der Waals surface area (Å²) in [4.78, 5) is 54.4. The van der Waals surface area contributed by atoms with Gasteiger partial charge < -0.3 is 109 Å². The summed E-state index contributed by atoms with van der Waals surface area (Å²) in [6.07, 6.45) is 59.5. The highest BCUT2D eigenvalue weighted by molar-refractivity contribution is 5.71. The first-order chi connectivity index (χ1) is 72.5. The molecule has 25 nitrogen and oxygen atoms in total. The number of carbonyl (C=O) groups excluding carboxylic acids is 4. The molecule has 12 rings (SSSR count). The van der Waals surface area contributed by atoms with E-state index in [-0.39, 0.29) is 138 Å².